The Kier molecular flexibility index (Phi) is 5.37. The average molecular weight is 359 g/mol. The summed E-state index contributed by atoms with van der Waals surface area (Å²) >= 11 is 5.23. The first kappa shape index (κ1) is 17.9. The zero-order valence-electron chi connectivity index (χ0n) is 15.1. The number of rotatable bonds is 4. The molecule has 2 aromatic heterocycles. The maximum atomic E-state index is 12.6. The topological polar surface area (TPSA) is 64.8 Å². The fourth-order valence-corrected chi connectivity index (χ4v) is 3.80. The normalized spacial score (nSPS) is 20.4. The Morgan fingerprint density at radius 1 is 1.20 bits per heavy atom. The number of nitrogens with zero attached hydrogens (tertiary/aromatic N) is 2. The third-order valence-electron chi connectivity index (χ3n) is 5.11. The van der Waals surface area contributed by atoms with Gasteiger partial charge in [0.1, 0.15) is 5.82 Å². The molecule has 0 spiro atoms. The SMILES string of the molecule is CC1CCC(c2[nH]c(=S)[nH]c(=O)c2Cc2cccc(N(C)C)n2)CC1. The highest BCUT2D eigenvalue weighted by Crippen LogP contribution is 2.35. The number of aromatic nitrogens is 3. The Labute approximate surface area is 153 Å². The molecule has 2 aromatic rings. The van der Waals surface area contributed by atoms with Gasteiger partial charge in [0, 0.05) is 37.5 Å². The largest absolute Gasteiger partial charge is 0.363 e. The third kappa shape index (κ3) is 4.18. The second-order valence-corrected chi connectivity index (χ2v) is 7.72. The average Bonchev–Trinajstić information content (AvgIpc) is 2.58. The van der Waals surface area contributed by atoms with E-state index in [2.05, 4.69) is 21.9 Å². The molecule has 1 fully saturated rings. The molecule has 2 heterocycles. The van der Waals surface area contributed by atoms with Gasteiger partial charge in [-0.25, -0.2) is 4.98 Å². The van der Waals surface area contributed by atoms with Gasteiger partial charge in [-0.3, -0.25) is 9.78 Å². The van der Waals surface area contributed by atoms with E-state index < -0.39 is 0 Å². The molecule has 5 nitrogen and oxygen atoms in total. The van der Waals surface area contributed by atoms with Crippen LogP contribution in [0.1, 0.15) is 55.5 Å². The highest BCUT2D eigenvalue weighted by atomic mass is 32.1. The second kappa shape index (κ2) is 7.52. The van der Waals surface area contributed by atoms with Gasteiger partial charge in [0.2, 0.25) is 0 Å². The van der Waals surface area contributed by atoms with E-state index in [0.29, 0.717) is 17.1 Å². The smallest absolute Gasteiger partial charge is 0.255 e. The van der Waals surface area contributed by atoms with Crippen LogP contribution in [0.4, 0.5) is 5.82 Å². The summed E-state index contributed by atoms with van der Waals surface area (Å²) in [6, 6.07) is 5.93. The molecule has 3 rings (SSSR count). The summed E-state index contributed by atoms with van der Waals surface area (Å²) in [6.07, 6.45) is 5.13. The van der Waals surface area contributed by atoms with Crippen LogP contribution in [-0.4, -0.2) is 29.0 Å². The minimum absolute atomic E-state index is 0.0885. The molecule has 2 N–H and O–H groups in total. The van der Waals surface area contributed by atoms with E-state index in [1.165, 1.54) is 12.8 Å². The number of hydrogen-bond acceptors (Lipinski definition) is 4. The van der Waals surface area contributed by atoms with Crippen molar-refractivity contribution in [3.63, 3.8) is 0 Å². The molecule has 0 atom stereocenters. The van der Waals surface area contributed by atoms with Gasteiger partial charge in [-0.05, 0) is 49.0 Å². The van der Waals surface area contributed by atoms with Crippen LogP contribution >= 0.6 is 12.2 Å². The molecule has 1 aliphatic rings. The van der Waals surface area contributed by atoms with E-state index in [9.17, 15) is 4.79 Å². The molecule has 1 saturated carbocycles. The lowest BCUT2D eigenvalue weighted by Crippen LogP contribution is -2.23. The van der Waals surface area contributed by atoms with Crippen LogP contribution in [0.3, 0.4) is 0 Å². The monoisotopic (exact) mass is 358 g/mol. The number of anilines is 1. The second-order valence-electron chi connectivity index (χ2n) is 7.32. The van der Waals surface area contributed by atoms with E-state index >= 15 is 0 Å². The van der Waals surface area contributed by atoms with Gasteiger partial charge in [0.05, 0.1) is 0 Å². The Morgan fingerprint density at radius 3 is 2.60 bits per heavy atom. The van der Waals surface area contributed by atoms with Crippen LogP contribution in [0, 0.1) is 10.7 Å². The zero-order valence-corrected chi connectivity index (χ0v) is 15.9. The highest BCUT2D eigenvalue weighted by molar-refractivity contribution is 7.71. The summed E-state index contributed by atoms with van der Waals surface area (Å²) in [5.74, 6) is 2.04. The number of pyridine rings is 1. The quantitative estimate of drug-likeness (QED) is 0.817. The van der Waals surface area contributed by atoms with Crippen molar-refractivity contribution < 1.29 is 0 Å². The van der Waals surface area contributed by atoms with Crippen molar-refractivity contribution in [2.75, 3.05) is 19.0 Å². The summed E-state index contributed by atoms with van der Waals surface area (Å²) in [5, 5.41) is 0. The van der Waals surface area contributed by atoms with Crippen LogP contribution in [0.25, 0.3) is 0 Å². The molecular weight excluding hydrogens is 332 g/mol. The molecule has 25 heavy (non-hydrogen) atoms. The summed E-state index contributed by atoms with van der Waals surface area (Å²) in [6.45, 7) is 2.30. The first-order valence-corrected chi connectivity index (χ1v) is 9.33. The molecule has 6 heteroatoms. The van der Waals surface area contributed by atoms with Crippen molar-refractivity contribution in [2.45, 2.75) is 44.9 Å². The van der Waals surface area contributed by atoms with Gasteiger partial charge in [-0.2, -0.15) is 0 Å². The Bertz CT molecular complexity index is 847. The molecule has 0 unspecified atom stereocenters. The molecule has 0 radical (unpaired) electrons. The molecule has 1 aliphatic carbocycles. The van der Waals surface area contributed by atoms with Gasteiger partial charge in [0.15, 0.2) is 4.77 Å². The van der Waals surface area contributed by atoms with Gasteiger partial charge in [0.25, 0.3) is 5.56 Å². The Morgan fingerprint density at radius 2 is 1.92 bits per heavy atom. The van der Waals surface area contributed by atoms with Crippen molar-refractivity contribution in [3.05, 3.63) is 50.3 Å². The lowest BCUT2D eigenvalue weighted by atomic mass is 9.80. The third-order valence-corrected chi connectivity index (χ3v) is 5.31. The van der Waals surface area contributed by atoms with Gasteiger partial charge >= 0.3 is 0 Å². The summed E-state index contributed by atoms with van der Waals surface area (Å²) in [5.41, 5.74) is 2.59. The fraction of sp³-hybridized carbons (Fsp3) is 0.526. The van der Waals surface area contributed by atoms with E-state index in [4.69, 9.17) is 12.2 Å². The first-order valence-electron chi connectivity index (χ1n) is 8.92. The molecule has 0 bridgehead atoms. The minimum atomic E-state index is -0.0885. The van der Waals surface area contributed by atoms with Gasteiger partial charge < -0.3 is 9.88 Å². The number of nitrogens with one attached hydrogen (secondary N) is 2. The van der Waals surface area contributed by atoms with Crippen molar-refractivity contribution in [3.8, 4) is 0 Å². The number of H-pyrrole nitrogens is 2. The minimum Gasteiger partial charge on any atom is -0.363 e. The van der Waals surface area contributed by atoms with Crippen molar-refractivity contribution in [2.24, 2.45) is 5.92 Å². The predicted octanol–water partition coefficient (Wildman–Crippen LogP) is 3.78. The van der Waals surface area contributed by atoms with Gasteiger partial charge in [-0.1, -0.05) is 25.8 Å². The first-order chi connectivity index (χ1) is 11.9. The Hall–Kier alpha value is -1.95. The molecule has 0 amide bonds. The highest BCUT2D eigenvalue weighted by Gasteiger charge is 2.24. The number of aromatic amines is 2. The molecule has 0 aromatic carbocycles. The lowest BCUT2D eigenvalue weighted by Gasteiger charge is -2.27. The Balaban J connectivity index is 1.97. The lowest BCUT2D eigenvalue weighted by molar-refractivity contribution is 0.342. The molecule has 0 saturated heterocycles. The van der Waals surface area contributed by atoms with Crippen LogP contribution in [0.15, 0.2) is 23.0 Å². The fourth-order valence-electron chi connectivity index (χ4n) is 3.60. The van der Waals surface area contributed by atoms with Crippen molar-refractivity contribution in [1.82, 2.24) is 15.0 Å². The van der Waals surface area contributed by atoms with E-state index in [-0.39, 0.29) is 5.56 Å². The van der Waals surface area contributed by atoms with Gasteiger partial charge in [-0.15, -0.1) is 0 Å². The molecule has 134 valence electrons. The van der Waals surface area contributed by atoms with Crippen LogP contribution in [0.5, 0.6) is 0 Å². The standard InChI is InChI=1S/C19H26N4OS/c1-12-7-9-13(10-8-12)17-15(18(24)22-19(25)21-17)11-14-5-4-6-16(20-14)23(2)3/h4-6,12-13H,7-11H2,1-3H3,(H2,21,22,24,25). The number of hydrogen-bond donors (Lipinski definition) is 2. The predicted molar refractivity (Wildman–Crippen MR) is 104 cm³/mol. The summed E-state index contributed by atoms with van der Waals surface area (Å²) in [7, 11) is 3.93. The van der Waals surface area contributed by atoms with Crippen LogP contribution in [-0.2, 0) is 6.42 Å². The van der Waals surface area contributed by atoms with Crippen LogP contribution < -0.4 is 10.5 Å². The zero-order chi connectivity index (χ0) is 18.0. The summed E-state index contributed by atoms with van der Waals surface area (Å²) < 4.78 is 0.414. The van der Waals surface area contributed by atoms with E-state index in [0.717, 1.165) is 41.5 Å². The molecular formula is C19H26N4OS. The maximum Gasteiger partial charge on any atom is 0.255 e. The van der Waals surface area contributed by atoms with E-state index in [1.807, 2.05) is 37.2 Å². The maximum absolute atomic E-state index is 12.6. The van der Waals surface area contributed by atoms with Crippen molar-refractivity contribution in [1.29, 1.82) is 0 Å². The van der Waals surface area contributed by atoms with E-state index in [1.54, 1.807) is 0 Å². The molecule has 0 aliphatic heterocycles. The summed E-state index contributed by atoms with van der Waals surface area (Å²) in [4.78, 5) is 25.3. The van der Waals surface area contributed by atoms with Crippen molar-refractivity contribution >= 4 is 18.0 Å². The van der Waals surface area contributed by atoms with Crippen LogP contribution in [0.2, 0.25) is 0 Å².